The van der Waals surface area contributed by atoms with Gasteiger partial charge in [0.05, 0.1) is 5.56 Å². The zero-order chi connectivity index (χ0) is 16.1. The zero-order valence-corrected chi connectivity index (χ0v) is 12.8. The van der Waals surface area contributed by atoms with Crippen molar-refractivity contribution in [1.82, 2.24) is 0 Å². The summed E-state index contributed by atoms with van der Waals surface area (Å²) in [6.07, 6.45) is 3.18. The number of carboxylic acid groups (broad SMARTS) is 1. The van der Waals surface area contributed by atoms with Gasteiger partial charge in [0.1, 0.15) is 5.83 Å². The predicted molar refractivity (Wildman–Crippen MR) is 87.6 cm³/mol. The summed E-state index contributed by atoms with van der Waals surface area (Å²) in [4.78, 5) is 11.3. The highest BCUT2D eigenvalue weighted by Gasteiger charge is 2.12. The quantitative estimate of drug-likeness (QED) is 0.794. The molecule has 2 aromatic rings. The highest BCUT2D eigenvalue weighted by atomic mass is 19.1. The van der Waals surface area contributed by atoms with E-state index in [1.165, 1.54) is 0 Å². The smallest absolute Gasteiger partial charge is 0.336 e. The summed E-state index contributed by atoms with van der Waals surface area (Å²) in [5.41, 5.74) is 3.17. The van der Waals surface area contributed by atoms with Crippen LogP contribution < -0.4 is 0 Å². The average molecular weight is 298 g/mol. The number of halogens is 1. The van der Waals surface area contributed by atoms with E-state index in [0.29, 0.717) is 17.5 Å². The first kappa shape index (κ1) is 16.0. The van der Waals surface area contributed by atoms with Crippen LogP contribution in [-0.4, -0.2) is 11.1 Å². The molecule has 0 aromatic heterocycles. The first-order valence-electron chi connectivity index (χ1n) is 7.33. The number of aryl methyl sites for hydroxylation is 1. The van der Waals surface area contributed by atoms with Crippen molar-refractivity contribution in [3.8, 4) is 11.1 Å². The molecular formula is C19H19FO2. The average Bonchev–Trinajstić information content (AvgIpc) is 2.52. The molecule has 114 valence electrons. The Morgan fingerprint density at radius 2 is 1.86 bits per heavy atom. The van der Waals surface area contributed by atoms with E-state index < -0.39 is 5.97 Å². The number of allylic oxidation sites excluding steroid dienone is 1. The maximum absolute atomic E-state index is 13.9. The van der Waals surface area contributed by atoms with Gasteiger partial charge in [-0.2, -0.15) is 0 Å². The van der Waals surface area contributed by atoms with Gasteiger partial charge >= 0.3 is 5.97 Å². The Kier molecular flexibility index (Phi) is 5.10. The molecule has 0 amide bonds. The van der Waals surface area contributed by atoms with Crippen molar-refractivity contribution in [2.75, 3.05) is 0 Å². The molecule has 0 unspecified atom stereocenters. The lowest BCUT2D eigenvalue weighted by Crippen LogP contribution is -1.99. The van der Waals surface area contributed by atoms with E-state index in [9.17, 15) is 14.3 Å². The molecule has 2 aromatic carbocycles. The maximum Gasteiger partial charge on any atom is 0.336 e. The number of carboxylic acids is 1. The summed E-state index contributed by atoms with van der Waals surface area (Å²) >= 11 is 0. The summed E-state index contributed by atoms with van der Waals surface area (Å²) in [6.45, 7) is 3.91. The molecule has 0 heterocycles. The number of rotatable bonds is 5. The minimum absolute atomic E-state index is 0.240. The molecule has 0 spiro atoms. The predicted octanol–water partition coefficient (Wildman–Crippen LogP) is 5.47. The van der Waals surface area contributed by atoms with E-state index >= 15 is 0 Å². The first-order valence-corrected chi connectivity index (χ1v) is 7.33. The van der Waals surface area contributed by atoms with Gasteiger partial charge in [-0.05, 0) is 36.6 Å². The largest absolute Gasteiger partial charge is 0.478 e. The van der Waals surface area contributed by atoms with Crippen LogP contribution in [0.15, 0.2) is 48.5 Å². The number of aromatic carboxylic acids is 1. The van der Waals surface area contributed by atoms with Gasteiger partial charge in [-0.1, -0.05) is 55.3 Å². The Balaban J connectivity index is 2.39. The first-order chi connectivity index (χ1) is 10.5. The third-order valence-electron chi connectivity index (χ3n) is 3.49. The van der Waals surface area contributed by atoms with Crippen molar-refractivity contribution in [2.45, 2.75) is 26.7 Å². The van der Waals surface area contributed by atoms with Crippen molar-refractivity contribution in [1.29, 1.82) is 0 Å². The molecule has 0 aliphatic carbocycles. The van der Waals surface area contributed by atoms with Crippen LogP contribution in [0.4, 0.5) is 4.39 Å². The van der Waals surface area contributed by atoms with Crippen molar-refractivity contribution in [2.24, 2.45) is 0 Å². The molecule has 0 bridgehead atoms. The Labute approximate surface area is 129 Å². The fourth-order valence-corrected chi connectivity index (χ4v) is 2.28. The maximum atomic E-state index is 13.9. The standard InChI is InChI=1S/C19H19FO2/c1-3-4-5-18(20)15-9-7-14(8-10-15)17-12-13(2)6-11-16(17)19(21)22/h5-12H,3-4H2,1-2H3,(H,21,22). The molecule has 0 saturated heterocycles. The third kappa shape index (κ3) is 3.61. The summed E-state index contributed by atoms with van der Waals surface area (Å²) < 4.78 is 13.9. The SMILES string of the molecule is CCCC=C(F)c1ccc(-c2cc(C)ccc2C(=O)O)cc1. The van der Waals surface area contributed by atoms with Crippen LogP contribution in [0.3, 0.4) is 0 Å². The fourth-order valence-electron chi connectivity index (χ4n) is 2.28. The van der Waals surface area contributed by atoms with Gasteiger partial charge in [0.2, 0.25) is 0 Å². The van der Waals surface area contributed by atoms with E-state index in [1.807, 2.05) is 19.9 Å². The summed E-state index contributed by atoms with van der Waals surface area (Å²) in [5, 5.41) is 9.29. The minimum Gasteiger partial charge on any atom is -0.478 e. The lowest BCUT2D eigenvalue weighted by atomic mass is 9.96. The molecule has 1 N–H and O–H groups in total. The minimum atomic E-state index is -0.965. The number of carbonyl (C=O) groups is 1. The van der Waals surface area contributed by atoms with E-state index in [2.05, 4.69) is 0 Å². The molecule has 0 fully saturated rings. The highest BCUT2D eigenvalue weighted by molar-refractivity contribution is 5.96. The fraction of sp³-hybridized carbons (Fsp3) is 0.211. The topological polar surface area (TPSA) is 37.3 Å². The Morgan fingerprint density at radius 3 is 2.45 bits per heavy atom. The van der Waals surface area contributed by atoms with Crippen molar-refractivity contribution >= 4 is 11.8 Å². The van der Waals surface area contributed by atoms with E-state index in [0.717, 1.165) is 17.5 Å². The van der Waals surface area contributed by atoms with Crippen LogP contribution in [0.25, 0.3) is 17.0 Å². The van der Waals surface area contributed by atoms with Gasteiger partial charge in [-0.25, -0.2) is 9.18 Å². The van der Waals surface area contributed by atoms with E-state index in [-0.39, 0.29) is 11.4 Å². The molecule has 0 radical (unpaired) electrons. The molecule has 0 atom stereocenters. The summed E-state index contributed by atoms with van der Waals surface area (Å²) in [5.74, 6) is -1.20. The monoisotopic (exact) mass is 298 g/mol. The number of hydrogen-bond acceptors (Lipinski definition) is 1. The number of benzene rings is 2. The van der Waals surface area contributed by atoms with Gasteiger partial charge in [-0.15, -0.1) is 0 Å². The Bertz CT molecular complexity index is 700. The van der Waals surface area contributed by atoms with Gasteiger partial charge in [0.25, 0.3) is 0 Å². The molecule has 2 rings (SSSR count). The van der Waals surface area contributed by atoms with Crippen molar-refractivity contribution in [3.63, 3.8) is 0 Å². The number of hydrogen-bond donors (Lipinski definition) is 1. The molecule has 2 nitrogen and oxygen atoms in total. The van der Waals surface area contributed by atoms with E-state index in [1.54, 1.807) is 42.5 Å². The molecule has 0 saturated carbocycles. The lowest BCUT2D eigenvalue weighted by molar-refractivity contribution is 0.0697. The molecule has 0 aliphatic heterocycles. The van der Waals surface area contributed by atoms with Gasteiger partial charge < -0.3 is 5.11 Å². The molecular weight excluding hydrogens is 279 g/mol. The Morgan fingerprint density at radius 1 is 1.18 bits per heavy atom. The van der Waals surface area contributed by atoms with Gasteiger partial charge in [-0.3, -0.25) is 0 Å². The second-order valence-corrected chi connectivity index (χ2v) is 5.27. The van der Waals surface area contributed by atoms with Crippen LogP contribution in [0.1, 0.15) is 41.3 Å². The van der Waals surface area contributed by atoms with Gasteiger partial charge in [0, 0.05) is 5.56 Å². The van der Waals surface area contributed by atoms with Crippen molar-refractivity contribution in [3.05, 3.63) is 65.2 Å². The molecule has 22 heavy (non-hydrogen) atoms. The van der Waals surface area contributed by atoms with Crippen LogP contribution in [0, 0.1) is 6.92 Å². The van der Waals surface area contributed by atoms with Crippen molar-refractivity contribution < 1.29 is 14.3 Å². The normalized spacial score (nSPS) is 11.5. The van der Waals surface area contributed by atoms with Crippen LogP contribution in [0.2, 0.25) is 0 Å². The molecule has 0 aliphatic rings. The van der Waals surface area contributed by atoms with Crippen LogP contribution in [0.5, 0.6) is 0 Å². The summed E-state index contributed by atoms with van der Waals surface area (Å²) in [7, 11) is 0. The van der Waals surface area contributed by atoms with E-state index in [4.69, 9.17) is 0 Å². The number of unbranched alkanes of at least 4 members (excludes halogenated alkanes) is 1. The highest BCUT2D eigenvalue weighted by Crippen LogP contribution is 2.27. The molecule has 3 heteroatoms. The third-order valence-corrected chi connectivity index (χ3v) is 3.49. The second kappa shape index (κ2) is 7.03. The van der Waals surface area contributed by atoms with Crippen LogP contribution >= 0.6 is 0 Å². The lowest BCUT2D eigenvalue weighted by Gasteiger charge is -2.08. The second-order valence-electron chi connectivity index (χ2n) is 5.27. The van der Waals surface area contributed by atoms with Crippen LogP contribution in [-0.2, 0) is 0 Å². The Hall–Kier alpha value is -2.42. The zero-order valence-electron chi connectivity index (χ0n) is 12.8. The summed E-state index contributed by atoms with van der Waals surface area (Å²) in [6, 6.07) is 12.1. The van der Waals surface area contributed by atoms with Gasteiger partial charge in [0.15, 0.2) is 0 Å².